The zero-order valence-electron chi connectivity index (χ0n) is 18.3. The standard InChI is InChI=1S/C23H21FN4O6/c1-32-22(30)18-9-8-17(34-18)11-26-13-25-20-19(26)21(29)27(12-16-3-2-10-33-16)23(31)28(20)15-6-4-14(24)5-7-15/h4-9,13,16H,2-3,10-12H2,1H3/t16-/m1/s1. The number of imidazole rings is 1. The van der Waals surface area contributed by atoms with Gasteiger partial charge in [0, 0.05) is 6.61 Å². The van der Waals surface area contributed by atoms with Gasteiger partial charge in [-0.05, 0) is 49.2 Å². The first kappa shape index (κ1) is 21.8. The van der Waals surface area contributed by atoms with Crippen LogP contribution in [0.2, 0.25) is 0 Å². The fraction of sp³-hybridized carbons (Fsp3) is 0.304. The second-order valence-electron chi connectivity index (χ2n) is 7.95. The number of hydrogen-bond donors (Lipinski definition) is 0. The normalized spacial score (nSPS) is 15.8. The lowest BCUT2D eigenvalue weighted by Gasteiger charge is -2.15. The molecule has 1 atom stereocenters. The topological polar surface area (TPSA) is 110 Å². The molecular formula is C23H21FN4O6. The summed E-state index contributed by atoms with van der Waals surface area (Å²) in [7, 11) is 1.25. The number of furan rings is 1. The number of carbonyl (C=O) groups is 1. The van der Waals surface area contributed by atoms with Gasteiger partial charge in [-0.3, -0.25) is 9.36 Å². The van der Waals surface area contributed by atoms with Crippen LogP contribution in [0.3, 0.4) is 0 Å². The van der Waals surface area contributed by atoms with Crippen LogP contribution in [0.1, 0.15) is 29.2 Å². The molecule has 0 unspecified atom stereocenters. The fourth-order valence-corrected chi connectivity index (χ4v) is 4.12. The van der Waals surface area contributed by atoms with Crippen LogP contribution in [0.25, 0.3) is 16.9 Å². The molecule has 1 aliphatic heterocycles. The van der Waals surface area contributed by atoms with E-state index in [2.05, 4.69) is 9.72 Å². The molecular weight excluding hydrogens is 447 g/mol. The predicted octanol–water partition coefficient (Wildman–Crippen LogP) is 2.09. The number of aromatic nitrogens is 4. The van der Waals surface area contributed by atoms with E-state index in [9.17, 15) is 18.8 Å². The Morgan fingerprint density at radius 2 is 2.00 bits per heavy atom. The Bertz CT molecular complexity index is 1470. The highest BCUT2D eigenvalue weighted by molar-refractivity contribution is 5.86. The molecule has 11 heteroatoms. The molecule has 0 bridgehead atoms. The summed E-state index contributed by atoms with van der Waals surface area (Å²) in [5, 5.41) is 0. The number of halogens is 1. The zero-order chi connectivity index (χ0) is 23.8. The van der Waals surface area contributed by atoms with Gasteiger partial charge in [0.1, 0.15) is 11.6 Å². The van der Waals surface area contributed by atoms with Crippen LogP contribution in [0.15, 0.2) is 56.7 Å². The summed E-state index contributed by atoms with van der Waals surface area (Å²) in [5.41, 5.74) is -0.446. The van der Waals surface area contributed by atoms with Crippen LogP contribution in [0, 0.1) is 5.82 Å². The smallest absolute Gasteiger partial charge is 0.373 e. The first-order chi connectivity index (χ1) is 16.5. The van der Waals surface area contributed by atoms with Crippen LogP contribution in [-0.2, 0) is 22.6 Å². The molecule has 0 spiro atoms. The van der Waals surface area contributed by atoms with Crippen molar-refractivity contribution in [1.82, 2.24) is 18.7 Å². The molecule has 1 fully saturated rings. The molecule has 0 saturated carbocycles. The molecule has 1 saturated heterocycles. The number of nitrogens with zero attached hydrogens (tertiary/aromatic N) is 4. The van der Waals surface area contributed by atoms with Crippen molar-refractivity contribution >= 4 is 17.1 Å². The van der Waals surface area contributed by atoms with Crippen LogP contribution in [0.4, 0.5) is 4.39 Å². The molecule has 1 aliphatic rings. The molecule has 0 aliphatic carbocycles. The van der Waals surface area contributed by atoms with E-state index < -0.39 is 23.0 Å². The van der Waals surface area contributed by atoms with Gasteiger partial charge in [-0.15, -0.1) is 0 Å². The van der Waals surface area contributed by atoms with E-state index in [4.69, 9.17) is 9.15 Å². The van der Waals surface area contributed by atoms with E-state index in [1.54, 1.807) is 10.6 Å². The van der Waals surface area contributed by atoms with Gasteiger partial charge >= 0.3 is 11.7 Å². The van der Waals surface area contributed by atoms with Crippen molar-refractivity contribution in [3.05, 3.63) is 80.9 Å². The Labute approximate surface area is 191 Å². The van der Waals surface area contributed by atoms with Crippen LogP contribution in [-0.4, -0.2) is 44.5 Å². The summed E-state index contributed by atoms with van der Waals surface area (Å²) in [4.78, 5) is 42.9. The highest BCUT2D eigenvalue weighted by Crippen LogP contribution is 2.18. The quantitative estimate of drug-likeness (QED) is 0.399. The minimum atomic E-state index is -0.620. The maximum Gasteiger partial charge on any atom is 0.373 e. The van der Waals surface area contributed by atoms with Crippen molar-refractivity contribution in [3.63, 3.8) is 0 Å². The van der Waals surface area contributed by atoms with Gasteiger partial charge < -0.3 is 18.5 Å². The first-order valence-corrected chi connectivity index (χ1v) is 10.7. The highest BCUT2D eigenvalue weighted by Gasteiger charge is 2.24. The van der Waals surface area contributed by atoms with Crippen molar-refractivity contribution < 1.29 is 23.1 Å². The van der Waals surface area contributed by atoms with E-state index in [1.165, 1.54) is 48.3 Å². The molecule has 4 heterocycles. The second kappa shape index (κ2) is 8.75. The van der Waals surface area contributed by atoms with Gasteiger partial charge in [-0.1, -0.05) is 0 Å². The van der Waals surface area contributed by atoms with Crippen LogP contribution in [0.5, 0.6) is 0 Å². The zero-order valence-corrected chi connectivity index (χ0v) is 18.3. The summed E-state index contributed by atoms with van der Waals surface area (Å²) in [5.74, 6) is -0.651. The fourth-order valence-electron chi connectivity index (χ4n) is 4.12. The van der Waals surface area contributed by atoms with Gasteiger partial charge in [-0.2, -0.15) is 0 Å². The second-order valence-corrected chi connectivity index (χ2v) is 7.95. The van der Waals surface area contributed by atoms with E-state index in [1.807, 2.05) is 0 Å². The minimum absolute atomic E-state index is 0.0286. The summed E-state index contributed by atoms with van der Waals surface area (Å²) in [6.45, 7) is 0.754. The summed E-state index contributed by atoms with van der Waals surface area (Å²) >= 11 is 0. The largest absolute Gasteiger partial charge is 0.463 e. The number of ether oxygens (including phenoxy) is 2. The van der Waals surface area contributed by atoms with Crippen molar-refractivity contribution in [3.8, 4) is 5.69 Å². The Hall–Kier alpha value is -3.99. The minimum Gasteiger partial charge on any atom is -0.463 e. The number of esters is 1. The molecule has 10 nitrogen and oxygen atoms in total. The van der Waals surface area contributed by atoms with Gasteiger partial charge in [0.05, 0.1) is 38.3 Å². The van der Waals surface area contributed by atoms with E-state index in [-0.39, 0.29) is 36.1 Å². The summed E-state index contributed by atoms with van der Waals surface area (Å²) in [6.07, 6.45) is 2.76. The number of carbonyl (C=O) groups excluding carboxylic acids is 1. The van der Waals surface area contributed by atoms with Gasteiger partial charge in [0.2, 0.25) is 5.76 Å². The molecule has 176 valence electrons. The highest BCUT2D eigenvalue weighted by atomic mass is 19.1. The molecule has 0 radical (unpaired) electrons. The third kappa shape index (κ3) is 3.83. The van der Waals surface area contributed by atoms with Crippen molar-refractivity contribution in [2.75, 3.05) is 13.7 Å². The van der Waals surface area contributed by atoms with Gasteiger partial charge in [-0.25, -0.2) is 23.5 Å². The van der Waals surface area contributed by atoms with E-state index >= 15 is 0 Å². The number of methoxy groups -OCH3 is 1. The molecule has 4 aromatic rings. The lowest BCUT2D eigenvalue weighted by atomic mass is 10.2. The van der Waals surface area contributed by atoms with Gasteiger partial charge in [0.15, 0.2) is 11.2 Å². The molecule has 3 aromatic heterocycles. The van der Waals surface area contributed by atoms with E-state index in [0.717, 1.165) is 17.4 Å². The average Bonchev–Trinajstić information content (AvgIpc) is 3.59. The maximum absolute atomic E-state index is 13.5. The van der Waals surface area contributed by atoms with Crippen molar-refractivity contribution in [2.24, 2.45) is 0 Å². The number of fused-ring (bicyclic) bond motifs is 1. The molecule has 0 N–H and O–H groups in total. The summed E-state index contributed by atoms with van der Waals surface area (Å²) in [6, 6.07) is 8.44. The molecule has 5 rings (SSSR count). The van der Waals surface area contributed by atoms with Crippen molar-refractivity contribution in [2.45, 2.75) is 32.0 Å². The number of hydrogen-bond acceptors (Lipinski definition) is 7. The lowest BCUT2D eigenvalue weighted by Crippen LogP contribution is -2.42. The molecule has 0 amide bonds. The Morgan fingerprint density at radius 1 is 1.21 bits per heavy atom. The third-order valence-electron chi connectivity index (χ3n) is 5.77. The first-order valence-electron chi connectivity index (χ1n) is 10.7. The van der Waals surface area contributed by atoms with Crippen molar-refractivity contribution in [1.29, 1.82) is 0 Å². The maximum atomic E-state index is 13.5. The number of benzene rings is 1. The lowest BCUT2D eigenvalue weighted by molar-refractivity contribution is 0.0563. The Kier molecular flexibility index (Phi) is 5.62. The molecule has 1 aromatic carbocycles. The monoisotopic (exact) mass is 468 g/mol. The predicted molar refractivity (Wildman–Crippen MR) is 118 cm³/mol. The summed E-state index contributed by atoms with van der Waals surface area (Å²) < 4.78 is 33.3. The molecule has 34 heavy (non-hydrogen) atoms. The Balaban J connectivity index is 1.66. The van der Waals surface area contributed by atoms with Crippen LogP contribution < -0.4 is 11.2 Å². The average molecular weight is 468 g/mol. The third-order valence-corrected chi connectivity index (χ3v) is 5.77. The Morgan fingerprint density at radius 3 is 2.71 bits per heavy atom. The van der Waals surface area contributed by atoms with E-state index in [0.29, 0.717) is 18.1 Å². The number of rotatable bonds is 6. The van der Waals surface area contributed by atoms with Crippen LogP contribution >= 0.6 is 0 Å². The van der Waals surface area contributed by atoms with Gasteiger partial charge in [0.25, 0.3) is 5.56 Å². The SMILES string of the molecule is COC(=O)c1ccc(Cn2cnc3c2c(=O)n(C[C@H]2CCCO2)c(=O)n3-c2ccc(F)cc2)o1.